The molecule has 0 aliphatic heterocycles. The Kier molecular flexibility index (Phi) is 8.38. The van der Waals surface area contributed by atoms with Crippen LogP contribution in [0.4, 0.5) is 10.2 Å². The number of ether oxygens (including phenoxy) is 2. The van der Waals surface area contributed by atoms with Gasteiger partial charge in [-0.25, -0.2) is 18.6 Å². The van der Waals surface area contributed by atoms with E-state index in [1.165, 1.54) is 24.3 Å². The number of carbonyl (C=O) groups excluding carboxylic acids is 1. The number of benzene rings is 1. The second kappa shape index (κ2) is 11.7. The van der Waals surface area contributed by atoms with Gasteiger partial charge in [-0.15, -0.1) is 0 Å². The van der Waals surface area contributed by atoms with Gasteiger partial charge in [0.25, 0.3) is 5.91 Å². The zero-order valence-corrected chi connectivity index (χ0v) is 21.9. The van der Waals surface area contributed by atoms with Crippen molar-refractivity contribution in [3.05, 3.63) is 59.9 Å². The molecule has 0 spiro atoms. The van der Waals surface area contributed by atoms with Crippen molar-refractivity contribution in [3.8, 4) is 22.9 Å². The zero-order valence-electron chi connectivity index (χ0n) is 21.1. The monoisotopic (exact) mass is 526 g/mol. The summed E-state index contributed by atoms with van der Waals surface area (Å²) in [4.78, 5) is 21.7. The highest BCUT2D eigenvalue weighted by molar-refractivity contribution is 7.83. The number of hydrogen-bond acceptors (Lipinski definition) is 7. The lowest BCUT2D eigenvalue weighted by atomic mass is 9.82. The number of carbonyl (C=O) groups is 1. The van der Waals surface area contributed by atoms with Crippen molar-refractivity contribution in [1.82, 2.24) is 14.7 Å². The van der Waals surface area contributed by atoms with Crippen LogP contribution < -0.4 is 19.9 Å². The number of amides is 1. The smallest absolute Gasteiger partial charge is 0.268 e. The molecular weight excluding hydrogens is 495 g/mol. The van der Waals surface area contributed by atoms with E-state index in [0.717, 1.165) is 19.3 Å². The lowest BCUT2D eigenvalue weighted by Crippen LogP contribution is -2.31. The molecule has 2 aromatic heterocycles. The Morgan fingerprint density at radius 1 is 1.16 bits per heavy atom. The summed E-state index contributed by atoms with van der Waals surface area (Å²) in [5.41, 5.74) is 6.68. The quantitative estimate of drug-likeness (QED) is 0.385. The van der Waals surface area contributed by atoms with Crippen LogP contribution in [0.3, 0.4) is 0 Å². The van der Waals surface area contributed by atoms with Gasteiger partial charge in [-0.2, -0.15) is 0 Å². The van der Waals surface area contributed by atoms with Crippen molar-refractivity contribution >= 4 is 22.7 Å². The van der Waals surface area contributed by atoms with Gasteiger partial charge in [0.1, 0.15) is 29.1 Å². The highest BCUT2D eigenvalue weighted by Crippen LogP contribution is 2.33. The van der Waals surface area contributed by atoms with Gasteiger partial charge >= 0.3 is 0 Å². The number of aromatic nitrogens is 2. The first kappa shape index (κ1) is 26.5. The molecule has 2 unspecified atom stereocenters. The number of pyridine rings is 2. The number of rotatable bonds is 10. The van der Waals surface area contributed by atoms with Crippen molar-refractivity contribution in [1.29, 1.82) is 0 Å². The van der Waals surface area contributed by atoms with Gasteiger partial charge in [0.2, 0.25) is 5.88 Å². The summed E-state index contributed by atoms with van der Waals surface area (Å²) in [6.07, 6.45) is 3.02. The zero-order chi connectivity index (χ0) is 26.5. The molecule has 0 bridgehead atoms. The van der Waals surface area contributed by atoms with E-state index < -0.39 is 22.7 Å². The predicted octanol–water partition coefficient (Wildman–Crippen LogP) is 4.92. The second-order valence-corrected chi connectivity index (χ2v) is 10.7. The maximum Gasteiger partial charge on any atom is 0.268 e. The summed E-state index contributed by atoms with van der Waals surface area (Å²) in [6.45, 7) is 6.40. The minimum atomic E-state index is -1.94. The number of nitrogens with one attached hydrogen (secondary N) is 1. The van der Waals surface area contributed by atoms with Crippen LogP contribution in [0.1, 0.15) is 50.4 Å². The molecular formula is C27H31FN4O4S. The van der Waals surface area contributed by atoms with Gasteiger partial charge in [0.05, 0.1) is 12.3 Å². The Morgan fingerprint density at radius 2 is 1.95 bits per heavy atom. The molecule has 3 N–H and O–H groups in total. The van der Waals surface area contributed by atoms with Crippen LogP contribution in [-0.4, -0.2) is 32.8 Å². The fraction of sp³-hybridized carbons (Fsp3) is 0.370. The van der Waals surface area contributed by atoms with Crippen molar-refractivity contribution in [3.63, 3.8) is 0 Å². The van der Waals surface area contributed by atoms with Crippen molar-refractivity contribution in [2.75, 3.05) is 12.3 Å². The van der Waals surface area contributed by atoms with Crippen LogP contribution in [0.15, 0.2) is 53.6 Å². The molecule has 4 rings (SSSR count). The predicted molar refractivity (Wildman–Crippen MR) is 140 cm³/mol. The Balaban J connectivity index is 1.64. The Bertz CT molecular complexity index is 1300. The molecule has 1 saturated carbocycles. The van der Waals surface area contributed by atoms with Crippen molar-refractivity contribution in [2.24, 2.45) is 11.8 Å². The molecule has 1 aromatic carbocycles. The molecule has 1 aliphatic rings. The lowest BCUT2D eigenvalue weighted by molar-refractivity contribution is 0.0885. The second-order valence-electron chi connectivity index (χ2n) is 9.54. The van der Waals surface area contributed by atoms with Gasteiger partial charge in [0, 0.05) is 11.6 Å². The minimum absolute atomic E-state index is 0.0841. The molecule has 3 aromatic rings. The molecule has 2 atom stereocenters. The molecule has 196 valence electrons. The number of halogens is 1. The highest BCUT2D eigenvalue weighted by Gasteiger charge is 2.28. The molecule has 8 nitrogen and oxygen atoms in total. The summed E-state index contributed by atoms with van der Waals surface area (Å²) in [5, 5.41) is 0.122. The van der Waals surface area contributed by atoms with Crippen molar-refractivity contribution < 1.29 is 22.9 Å². The molecule has 2 heterocycles. The number of anilines is 1. The SMILES string of the molecule is CC(C)COc1cc(F)cc(-c2ccc(C(=O)NS(=O)c3cccc(N)n3)c(OC(C)C3CCC3)n2)c1. The van der Waals surface area contributed by atoms with Crippen LogP contribution in [0, 0.1) is 17.7 Å². The topological polar surface area (TPSA) is 116 Å². The van der Waals surface area contributed by atoms with E-state index >= 15 is 0 Å². The third-order valence-electron chi connectivity index (χ3n) is 6.09. The number of nitrogens with zero attached hydrogens (tertiary/aromatic N) is 2. The Morgan fingerprint density at radius 3 is 2.62 bits per heavy atom. The fourth-order valence-corrected chi connectivity index (χ4v) is 4.60. The third kappa shape index (κ3) is 6.82. The first-order valence-electron chi connectivity index (χ1n) is 12.3. The average molecular weight is 527 g/mol. The summed E-state index contributed by atoms with van der Waals surface area (Å²) in [7, 11) is -1.94. The van der Waals surface area contributed by atoms with E-state index in [1.807, 2.05) is 20.8 Å². The Hall–Kier alpha value is -3.53. The molecule has 0 radical (unpaired) electrons. The van der Waals surface area contributed by atoms with Gasteiger partial charge < -0.3 is 15.2 Å². The van der Waals surface area contributed by atoms with Gasteiger partial charge in [-0.05, 0) is 68.0 Å². The summed E-state index contributed by atoms with van der Waals surface area (Å²) < 4.78 is 41.4. The Labute approximate surface area is 218 Å². The fourth-order valence-electron chi connectivity index (χ4n) is 3.83. The average Bonchev–Trinajstić information content (AvgIpc) is 2.81. The minimum Gasteiger partial charge on any atom is -0.493 e. The van der Waals surface area contributed by atoms with Crippen LogP contribution in [0.25, 0.3) is 11.3 Å². The molecule has 0 saturated heterocycles. The van der Waals surface area contributed by atoms with Gasteiger partial charge in [-0.3, -0.25) is 9.52 Å². The standard InChI is InChI=1S/C27H31FN4O4S/c1-16(2)15-35-21-13-19(12-20(28)14-21)23-11-10-22(27(30-23)36-17(3)18-6-4-7-18)26(33)32-37(34)25-9-5-8-24(29)31-25/h5,8-14,16-18H,4,6-7,15H2,1-3H3,(H2,29,31)(H,32,33). The van der Waals surface area contributed by atoms with Gasteiger partial charge in [0.15, 0.2) is 16.0 Å². The highest BCUT2D eigenvalue weighted by atomic mass is 32.2. The van der Waals surface area contributed by atoms with E-state index in [4.69, 9.17) is 15.2 Å². The maximum absolute atomic E-state index is 14.4. The number of nitrogen functional groups attached to an aromatic ring is 1. The first-order valence-corrected chi connectivity index (χ1v) is 13.4. The van der Waals surface area contributed by atoms with E-state index in [2.05, 4.69) is 14.7 Å². The van der Waals surface area contributed by atoms with Crippen LogP contribution in [0.2, 0.25) is 0 Å². The van der Waals surface area contributed by atoms with E-state index in [1.54, 1.807) is 24.3 Å². The summed E-state index contributed by atoms with van der Waals surface area (Å²) >= 11 is 0. The number of nitrogens with two attached hydrogens (primary N) is 1. The van der Waals surface area contributed by atoms with Gasteiger partial charge in [-0.1, -0.05) is 26.3 Å². The third-order valence-corrected chi connectivity index (χ3v) is 7.06. The van der Waals surface area contributed by atoms with Crippen LogP contribution in [-0.2, 0) is 11.0 Å². The van der Waals surface area contributed by atoms with Crippen LogP contribution in [0.5, 0.6) is 11.6 Å². The van der Waals surface area contributed by atoms with Crippen molar-refractivity contribution in [2.45, 2.75) is 51.2 Å². The lowest BCUT2D eigenvalue weighted by Gasteiger charge is -2.31. The van der Waals surface area contributed by atoms with E-state index in [-0.39, 0.29) is 34.3 Å². The van der Waals surface area contributed by atoms with E-state index in [9.17, 15) is 13.4 Å². The molecule has 1 aliphatic carbocycles. The maximum atomic E-state index is 14.4. The molecule has 1 fully saturated rings. The largest absolute Gasteiger partial charge is 0.493 e. The van der Waals surface area contributed by atoms with E-state index in [0.29, 0.717) is 29.5 Å². The normalized spacial score (nSPS) is 15.1. The van der Waals surface area contributed by atoms with Crippen LogP contribution >= 0.6 is 0 Å². The molecule has 1 amide bonds. The summed E-state index contributed by atoms with van der Waals surface area (Å²) in [6, 6.07) is 12.2. The molecule has 37 heavy (non-hydrogen) atoms. The molecule has 10 heteroatoms. The number of hydrogen-bond donors (Lipinski definition) is 2. The summed E-state index contributed by atoms with van der Waals surface area (Å²) in [5.74, 6) is 0.202. The first-order chi connectivity index (χ1) is 17.7.